The van der Waals surface area contributed by atoms with E-state index in [0.717, 1.165) is 11.3 Å². The number of nitrogens with one attached hydrogen (secondary N) is 1. The van der Waals surface area contributed by atoms with Crippen molar-refractivity contribution in [3.05, 3.63) is 29.8 Å². The molecule has 1 heterocycles. The predicted molar refractivity (Wildman–Crippen MR) is 72.5 cm³/mol. The van der Waals surface area contributed by atoms with Gasteiger partial charge in [-0.2, -0.15) is 0 Å². The van der Waals surface area contributed by atoms with Crippen molar-refractivity contribution in [2.24, 2.45) is 0 Å². The number of amides is 1. The predicted octanol–water partition coefficient (Wildman–Crippen LogP) is 0.470. The fourth-order valence-electron chi connectivity index (χ4n) is 2.34. The van der Waals surface area contributed by atoms with Gasteiger partial charge in [0, 0.05) is 19.6 Å². The van der Waals surface area contributed by atoms with Crippen LogP contribution in [0.3, 0.4) is 0 Å². The Hall–Kier alpha value is -2.08. The number of methoxy groups -OCH3 is 1. The van der Waals surface area contributed by atoms with Gasteiger partial charge in [0.15, 0.2) is 0 Å². The average Bonchev–Trinajstić information content (AvgIpc) is 2.42. The first kappa shape index (κ1) is 14.3. The summed E-state index contributed by atoms with van der Waals surface area (Å²) in [5, 5.41) is 11.6. The maximum atomic E-state index is 11.8. The van der Waals surface area contributed by atoms with E-state index in [0.29, 0.717) is 19.6 Å². The number of hydrogen-bond donors (Lipinski definition) is 2. The Morgan fingerprint density at radius 3 is 3.05 bits per heavy atom. The Kier molecular flexibility index (Phi) is 4.57. The summed E-state index contributed by atoms with van der Waals surface area (Å²) in [6.45, 7) is 1.71. The summed E-state index contributed by atoms with van der Waals surface area (Å²) in [4.78, 5) is 24.6. The van der Waals surface area contributed by atoms with E-state index in [1.165, 1.54) is 0 Å². The van der Waals surface area contributed by atoms with E-state index < -0.39 is 12.0 Å². The average molecular weight is 278 g/mol. The maximum Gasteiger partial charge on any atom is 0.305 e. The van der Waals surface area contributed by atoms with Gasteiger partial charge in [-0.1, -0.05) is 12.1 Å². The molecule has 0 spiro atoms. The second-order valence-electron chi connectivity index (χ2n) is 4.73. The molecular formula is C14H18N2O4. The lowest BCUT2D eigenvalue weighted by molar-refractivity contribution is -0.143. The van der Waals surface area contributed by atoms with E-state index >= 15 is 0 Å². The molecule has 1 atom stereocenters. The molecule has 0 saturated carbocycles. The van der Waals surface area contributed by atoms with Crippen LogP contribution < -0.4 is 10.1 Å². The van der Waals surface area contributed by atoms with Gasteiger partial charge in [-0.25, -0.2) is 0 Å². The number of benzene rings is 1. The Labute approximate surface area is 117 Å². The molecule has 0 aliphatic carbocycles. The number of rotatable bonds is 5. The second-order valence-corrected chi connectivity index (χ2v) is 4.73. The molecule has 1 aliphatic rings. The second kappa shape index (κ2) is 6.38. The number of carbonyl (C=O) groups is 2. The van der Waals surface area contributed by atoms with Crippen LogP contribution in [0, 0.1) is 0 Å². The zero-order valence-corrected chi connectivity index (χ0v) is 11.3. The molecule has 20 heavy (non-hydrogen) atoms. The van der Waals surface area contributed by atoms with Gasteiger partial charge >= 0.3 is 5.97 Å². The normalized spacial score (nSPS) is 19.4. The van der Waals surface area contributed by atoms with Crippen LogP contribution in [-0.2, 0) is 16.1 Å². The zero-order chi connectivity index (χ0) is 14.5. The molecular weight excluding hydrogens is 260 g/mol. The summed E-state index contributed by atoms with van der Waals surface area (Å²) in [5.74, 6) is -0.442. The largest absolute Gasteiger partial charge is 0.497 e. The molecule has 2 rings (SSSR count). The third-order valence-electron chi connectivity index (χ3n) is 3.33. The van der Waals surface area contributed by atoms with Crippen molar-refractivity contribution in [2.45, 2.75) is 19.0 Å². The third-order valence-corrected chi connectivity index (χ3v) is 3.33. The number of piperazine rings is 1. The first-order chi connectivity index (χ1) is 9.60. The Morgan fingerprint density at radius 1 is 1.55 bits per heavy atom. The van der Waals surface area contributed by atoms with Gasteiger partial charge < -0.3 is 15.2 Å². The topological polar surface area (TPSA) is 78.9 Å². The molecule has 0 bridgehead atoms. The third kappa shape index (κ3) is 3.48. The lowest BCUT2D eigenvalue weighted by Gasteiger charge is -2.34. The Morgan fingerprint density at radius 2 is 2.35 bits per heavy atom. The minimum atomic E-state index is -0.970. The molecule has 1 unspecified atom stereocenters. The molecule has 1 fully saturated rings. The molecule has 1 aliphatic heterocycles. The van der Waals surface area contributed by atoms with Gasteiger partial charge in [-0.05, 0) is 17.7 Å². The van der Waals surface area contributed by atoms with Crippen molar-refractivity contribution in [3.8, 4) is 5.75 Å². The molecule has 0 radical (unpaired) electrons. The fraction of sp³-hybridized carbons (Fsp3) is 0.429. The summed E-state index contributed by atoms with van der Waals surface area (Å²) >= 11 is 0. The number of carboxylic acids is 1. The Balaban J connectivity index is 2.11. The molecule has 108 valence electrons. The van der Waals surface area contributed by atoms with E-state index in [-0.39, 0.29) is 12.3 Å². The Bertz CT molecular complexity index is 504. The summed E-state index contributed by atoms with van der Waals surface area (Å²) in [7, 11) is 1.60. The summed E-state index contributed by atoms with van der Waals surface area (Å²) < 4.78 is 5.16. The lowest BCUT2D eigenvalue weighted by Crippen LogP contribution is -2.55. The molecule has 1 aromatic rings. The van der Waals surface area contributed by atoms with E-state index in [1.807, 2.05) is 29.2 Å². The quantitative estimate of drug-likeness (QED) is 0.818. The van der Waals surface area contributed by atoms with Crippen LogP contribution in [0.4, 0.5) is 0 Å². The lowest BCUT2D eigenvalue weighted by atomic mass is 10.1. The smallest absolute Gasteiger partial charge is 0.305 e. The number of nitrogens with zero attached hydrogens (tertiary/aromatic N) is 1. The van der Waals surface area contributed by atoms with Gasteiger partial charge in [0.2, 0.25) is 5.91 Å². The zero-order valence-electron chi connectivity index (χ0n) is 11.3. The fourth-order valence-corrected chi connectivity index (χ4v) is 2.34. The molecule has 6 nitrogen and oxygen atoms in total. The van der Waals surface area contributed by atoms with Gasteiger partial charge in [-0.3, -0.25) is 14.5 Å². The van der Waals surface area contributed by atoms with Gasteiger partial charge in [0.1, 0.15) is 11.8 Å². The first-order valence-corrected chi connectivity index (χ1v) is 6.46. The van der Waals surface area contributed by atoms with E-state index in [2.05, 4.69) is 5.32 Å². The number of aliphatic carboxylic acids is 1. The van der Waals surface area contributed by atoms with Crippen molar-refractivity contribution < 1.29 is 19.4 Å². The number of carboxylic acid groups (broad SMARTS) is 1. The van der Waals surface area contributed by atoms with E-state index in [1.54, 1.807) is 7.11 Å². The van der Waals surface area contributed by atoms with Gasteiger partial charge in [0.25, 0.3) is 0 Å². The van der Waals surface area contributed by atoms with Crippen molar-refractivity contribution >= 4 is 11.9 Å². The molecule has 0 aromatic heterocycles. The highest BCUT2D eigenvalue weighted by Gasteiger charge is 2.31. The van der Waals surface area contributed by atoms with Crippen LogP contribution in [0.15, 0.2) is 24.3 Å². The van der Waals surface area contributed by atoms with E-state index in [9.17, 15) is 9.59 Å². The van der Waals surface area contributed by atoms with Crippen LogP contribution in [0.25, 0.3) is 0 Å². The van der Waals surface area contributed by atoms with Gasteiger partial charge in [-0.15, -0.1) is 0 Å². The molecule has 6 heteroatoms. The molecule has 1 saturated heterocycles. The van der Waals surface area contributed by atoms with Crippen LogP contribution >= 0.6 is 0 Å². The molecule has 1 aromatic carbocycles. The number of ether oxygens (including phenoxy) is 1. The highest BCUT2D eigenvalue weighted by Crippen LogP contribution is 2.17. The van der Waals surface area contributed by atoms with Crippen molar-refractivity contribution in [1.82, 2.24) is 10.2 Å². The highest BCUT2D eigenvalue weighted by molar-refractivity contribution is 5.86. The maximum absolute atomic E-state index is 11.8. The van der Waals surface area contributed by atoms with E-state index in [4.69, 9.17) is 9.84 Å². The summed E-state index contributed by atoms with van der Waals surface area (Å²) in [6, 6.07) is 6.94. The van der Waals surface area contributed by atoms with Crippen molar-refractivity contribution in [2.75, 3.05) is 20.2 Å². The SMILES string of the molecule is COc1cccc(CN2CCNC(=O)C2CC(=O)O)c1. The molecule has 2 N–H and O–H groups in total. The van der Waals surface area contributed by atoms with Crippen LogP contribution in [-0.4, -0.2) is 48.1 Å². The van der Waals surface area contributed by atoms with Crippen molar-refractivity contribution in [1.29, 1.82) is 0 Å². The highest BCUT2D eigenvalue weighted by atomic mass is 16.5. The van der Waals surface area contributed by atoms with Crippen LogP contribution in [0.5, 0.6) is 5.75 Å². The molecule has 1 amide bonds. The summed E-state index contributed by atoms with van der Waals surface area (Å²) in [5.41, 5.74) is 0.995. The number of hydrogen-bond acceptors (Lipinski definition) is 4. The summed E-state index contributed by atoms with van der Waals surface area (Å²) in [6.07, 6.45) is -0.185. The standard InChI is InChI=1S/C14H18N2O4/c1-20-11-4-2-3-10(7-11)9-16-6-5-15-14(19)12(16)8-13(17)18/h2-4,7,12H,5-6,8-9H2,1H3,(H,15,19)(H,17,18). The minimum Gasteiger partial charge on any atom is -0.497 e. The van der Waals surface area contributed by atoms with Crippen LogP contribution in [0.1, 0.15) is 12.0 Å². The first-order valence-electron chi connectivity index (χ1n) is 6.46. The minimum absolute atomic E-state index is 0.185. The number of carbonyl (C=O) groups excluding carboxylic acids is 1. The van der Waals surface area contributed by atoms with Gasteiger partial charge in [0.05, 0.1) is 13.5 Å². The van der Waals surface area contributed by atoms with Crippen molar-refractivity contribution in [3.63, 3.8) is 0 Å². The van der Waals surface area contributed by atoms with Crippen LogP contribution in [0.2, 0.25) is 0 Å². The monoisotopic (exact) mass is 278 g/mol.